The third-order valence-corrected chi connectivity index (χ3v) is 6.07. The number of methoxy groups -OCH3 is 1. The molecule has 8 heteroatoms. The fourth-order valence-corrected chi connectivity index (χ4v) is 4.45. The number of benzene rings is 2. The third-order valence-electron chi connectivity index (χ3n) is 3.86. The largest absolute Gasteiger partial charge is 0.496 e. The van der Waals surface area contributed by atoms with Gasteiger partial charge >= 0.3 is 5.97 Å². The van der Waals surface area contributed by atoms with Crippen LogP contribution in [0.5, 0.6) is 5.75 Å². The quantitative estimate of drug-likeness (QED) is 0.365. The highest BCUT2D eigenvalue weighted by atomic mass is 79.9. The molecule has 2 aromatic carbocycles. The molecule has 136 valence electrons. The van der Waals surface area contributed by atoms with Gasteiger partial charge in [0.05, 0.1) is 39.7 Å². The van der Waals surface area contributed by atoms with Crippen LogP contribution < -0.4 is 4.74 Å². The summed E-state index contributed by atoms with van der Waals surface area (Å²) in [6, 6.07) is 11.1. The molecule has 0 bridgehead atoms. The van der Waals surface area contributed by atoms with E-state index in [0.717, 1.165) is 31.0 Å². The van der Waals surface area contributed by atoms with Gasteiger partial charge in [0.25, 0.3) is 0 Å². The number of aromatic nitrogens is 2. The number of fused-ring (bicyclic) bond motifs is 1. The van der Waals surface area contributed by atoms with Crippen molar-refractivity contribution in [2.24, 2.45) is 0 Å². The van der Waals surface area contributed by atoms with Crippen LogP contribution in [-0.2, 0) is 11.3 Å². The number of nitrogens with zero attached hydrogens (tertiary/aromatic N) is 2. The van der Waals surface area contributed by atoms with E-state index in [-0.39, 0.29) is 12.6 Å². The maximum atomic E-state index is 12.3. The van der Waals surface area contributed by atoms with Gasteiger partial charge in [-0.25, -0.2) is 14.8 Å². The van der Waals surface area contributed by atoms with Crippen LogP contribution in [0.25, 0.3) is 20.8 Å². The first kappa shape index (κ1) is 18.1. The molecule has 0 saturated carbocycles. The molecule has 0 atom stereocenters. The maximum Gasteiger partial charge on any atom is 0.338 e. The van der Waals surface area contributed by atoms with Crippen molar-refractivity contribution in [2.75, 3.05) is 7.11 Å². The van der Waals surface area contributed by atoms with Crippen LogP contribution in [0.15, 0.2) is 51.8 Å². The fraction of sp³-hybridized carbons (Fsp3) is 0.105. The van der Waals surface area contributed by atoms with Crippen molar-refractivity contribution in [3.63, 3.8) is 0 Å². The molecule has 0 aliphatic rings. The molecule has 27 heavy (non-hydrogen) atoms. The Morgan fingerprint density at radius 2 is 2.07 bits per heavy atom. The van der Waals surface area contributed by atoms with Gasteiger partial charge in [0.1, 0.15) is 17.4 Å². The highest BCUT2D eigenvalue weighted by Crippen LogP contribution is 2.34. The minimum absolute atomic E-state index is 0.117. The van der Waals surface area contributed by atoms with Crippen LogP contribution in [0.4, 0.5) is 0 Å². The Balaban J connectivity index is 1.48. The normalized spacial score (nSPS) is 10.9. The molecule has 0 aliphatic heterocycles. The average Bonchev–Trinajstić information content (AvgIpc) is 3.34. The Morgan fingerprint density at radius 3 is 2.93 bits per heavy atom. The van der Waals surface area contributed by atoms with Gasteiger partial charge in [-0.05, 0) is 36.4 Å². The van der Waals surface area contributed by atoms with Crippen LogP contribution in [0.2, 0.25) is 0 Å². The van der Waals surface area contributed by atoms with Crippen LogP contribution in [0.1, 0.15) is 16.1 Å². The van der Waals surface area contributed by atoms with E-state index in [1.165, 1.54) is 22.7 Å². The van der Waals surface area contributed by atoms with Gasteiger partial charge in [-0.3, -0.25) is 0 Å². The summed E-state index contributed by atoms with van der Waals surface area (Å²) in [7, 11) is 1.63. The third kappa shape index (κ3) is 3.87. The number of hydrogen-bond donors (Lipinski definition) is 0. The Bertz CT molecular complexity index is 1120. The molecule has 0 saturated heterocycles. The smallest absolute Gasteiger partial charge is 0.338 e. The van der Waals surface area contributed by atoms with E-state index >= 15 is 0 Å². The summed E-state index contributed by atoms with van der Waals surface area (Å²) in [5.74, 6) is 0.369. The summed E-state index contributed by atoms with van der Waals surface area (Å²) in [6.45, 7) is 0.117. The second-order valence-electron chi connectivity index (χ2n) is 5.60. The van der Waals surface area contributed by atoms with Crippen LogP contribution in [0, 0.1) is 0 Å². The molecule has 4 aromatic rings. The van der Waals surface area contributed by atoms with Crippen LogP contribution in [-0.4, -0.2) is 23.0 Å². The summed E-state index contributed by atoms with van der Waals surface area (Å²) in [5, 5.41) is 2.69. The number of halogens is 1. The van der Waals surface area contributed by atoms with Crippen molar-refractivity contribution in [3.05, 3.63) is 63.0 Å². The summed E-state index contributed by atoms with van der Waals surface area (Å²) < 4.78 is 12.7. The Labute approximate surface area is 171 Å². The monoisotopic (exact) mass is 460 g/mol. The van der Waals surface area contributed by atoms with Crippen molar-refractivity contribution in [1.29, 1.82) is 0 Å². The predicted octanol–water partition coefficient (Wildman–Crippen LogP) is 5.55. The predicted molar refractivity (Wildman–Crippen MR) is 111 cm³/mol. The molecule has 0 fully saturated rings. The topological polar surface area (TPSA) is 61.3 Å². The minimum Gasteiger partial charge on any atom is -0.496 e. The zero-order chi connectivity index (χ0) is 18.8. The summed E-state index contributed by atoms with van der Waals surface area (Å²) in [6.07, 6.45) is 0. The van der Waals surface area contributed by atoms with E-state index in [4.69, 9.17) is 9.47 Å². The highest BCUT2D eigenvalue weighted by molar-refractivity contribution is 9.10. The van der Waals surface area contributed by atoms with E-state index in [1.807, 2.05) is 29.6 Å². The molecule has 0 aliphatic carbocycles. The lowest BCUT2D eigenvalue weighted by atomic mass is 10.2. The SMILES string of the molecule is COc1ccc(Br)cc1-c1nc(COC(=O)c2ccc3ncsc3c2)cs1. The van der Waals surface area contributed by atoms with Gasteiger partial charge in [0, 0.05) is 9.85 Å². The molecule has 0 amide bonds. The first-order chi connectivity index (χ1) is 13.1. The van der Waals surface area contributed by atoms with E-state index in [2.05, 4.69) is 25.9 Å². The second kappa shape index (κ2) is 7.75. The summed E-state index contributed by atoms with van der Waals surface area (Å²) in [5.41, 5.74) is 4.74. The fourth-order valence-electron chi connectivity index (χ4n) is 2.55. The standard InChI is InChI=1S/C19H13BrN2O3S2/c1-24-16-5-3-12(20)7-14(16)18-22-13(9-26-18)8-25-19(23)11-2-4-15-17(6-11)27-10-21-15/h2-7,9-10H,8H2,1H3. The lowest BCUT2D eigenvalue weighted by Gasteiger charge is -2.06. The molecular weight excluding hydrogens is 448 g/mol. The van der Waals surface area contributed by atoms with E-state index < -0.39 is 0 Å². The molecule has 0 unspecified atom stereocenters. The Kier molecular flexibility index (Phi) is 5.20. The number of ether oxygens (including phenoxy) is 2. The highest BCUT2D eigenvalue weighted by Gasteiger charge is 2.13. The van der Waals surface area contributed by atoms with Gasteiger partial charge in [-0.15, -0.1) is 22.7 Å². The number of thiazole rings is 2. The molecule has 0 radical (unpaired) electrons. The van der Waals surface area contributed by atoms with Crippen molar-refractivity contribution in [3.8, 4) is 16.3 Å². The van der Waals surface area contributed by atoms with Gasteiger partial charge in [-0.1, -0.05) is 15.9 Å². The lowest BCUT2D eigenvalue weighted by Crippen LogP contribution is -2.05. The Hall–Kier alpha value is -2.29. The minimum atomic E-state index is -0.375. The molecule has 5 nitrogen and oxygen atoms in total. The zero-order valence-corrected chi connectivity index (χ0v) is 17.4. The number of rotatable bonds is 5. The van der Waals surface area contributed by atoms with Gasteiger partial charge in [0.2, 0.25) is 0 Å². The molecular formula is C19H13BrN2O3S2. The van der Waals surface area contributed by atoms with Gasteiger partial charge in [-0.2, -0.15) is 0 Å². The lowest BCUT2D eigenvalue weighted by molar-refractivity contribution is 0.0468. The average molecular weight is 461 g/mol. The number of esters is 1. The van der Waals surface area contributed by atoms with Gasteiger partial charge < -0.3 is 9.47 Å². The van der Waals surface area contributed by atoms with Crippen molar-refractivity contribution in [1.82, 2.24) is 9.97 Å². The number of hydrogen-bond acceptors (Lipinski definition) is 7. The zero-order valence-electron chi connectivity index (χ0n) is 14.1. The summed E-state index contributed by atoms with van der Waals surface area (Å²) >= 11 is 6.44. The number of carbonyl (C=O) groups is 1. The van der Waals surface area contributed by atoms with Crippen molar-refractivity contribution in [2.45, 2.75) is 6.61 Å². The Morgan fingerprint density at radius 1 is 1.19 bits per heavy atom. The van der Waals surface area contributed by atoms with Gasteiger partial charge in [0.15, 0.2) is 0 Å². The molecule has 2 aromatic heterocycles. The van der Waals surface area contributed by atoms with E-state index in [1.54, 1.807) is 24.8 Å². The molecule has 4 rings (SSSR count). The maximum absolute atomic E-state index is 12.3. The summed E-state index contributed by atoms with van der Waals surface area (Å²) in [4.78, 5) is 21.1. The number of carbonyl (C=O) groups excluding carboxylic acids is 1. The first-order valence-electron chi connectivity index (χ1n) is 7.93. The van der Waals surface area contributed by atoms with E-state index in [9.17, 15) is 4.79 Å². The molecule has 0 N–H and O–H groups in total. The van der Waals surface area contributed by atoms with Crippen LogP contribution in [0.3, 0.4) is 0 Å². The molecule has 2 heterocycles. The molecule has 0 spiro atoms. The van der Waals surface area contributed by atoms with Crippen LogP contribution >= 0.6 is 38.6 Å². The van der Waals surface area contributed by atoms with Crippen molar-refractivity contribution >= 4 is 54.8 Å². The van der Waals surface area contributed by atoms with Crippen molar-refractivity contribution < 1.29 is 14.3 Å². The second-order valence-corrected chi connectivity index (χ2v) is 8.26. The first-order valence-corrected chi connectivity index (χ1v) is 10.5. The van der Waals surface area contributed by atoms with E-state index in [0.29, 0.717) is 11.3 Å².